The van der Waals surface area contributed by atoms with Gasteiger partial charge in [0.15, 0.2) is 17.6 Å². The molecular weight excluding hydrogens is 322 g/mol. The van der Waals surface area contributed by atoms with Crippen molar-refractivity contribution in [1.29, 1.82) is 0 Å². The Bertz CT molecular complexity index is 624. The van der Waals surface area contributed by atoms with Crippen LogP contribution in [0.25, 0.3) is 0 Å². The lowest BCUT2D eigenvalue weighted by atomic mass is 10.0. The Morgan fingerprint density at radius 1 is 1.20 bits per heavy atom. The van der Waals surface area contributed by atoms with Gasteiger partial charge in [0.05, 0.1) is 0 Å². The highest BCUT2D eigenvalue weighted by Gasteiger charge is 2.21. The van der Waals surface area contributed by atoms with Crippen molar-refractivity contribution >= 4 is 17.6 Å². The second-order valence-corrected chi connectivity index (χ2v) is 6.67. The molecule has 0 saturated heterocycles. The fraction of sp³-hybridized carbons (Fsp3) is 0.579. The average Bonchev–Trinajstić information content (AvgIpc) is 3.13. The monoisotopic (exact) mass is 347 g/mol. The SMILES string of the molecule is C[C@H](OC(=O)CCC1CCCC1)C(=O)Nc1ccc2c(c1)OCCO2. The van der Waals surface area contributed by atoms with Crippen LogP contribution in [0.1, 0.15) is 45.4 Å². The summed E-state index contributed by atoms with van der Waals surface area (Å²) in [6.45, 7) is 2.59. The fourth-order valence-electron chi connectivity index (χ4n) is 3.30. The van der Waals surface area contributed by atoms with Crippen molar-refractivity contribution < 1.29 is 23.8 Å². The van der Waals surface area contributed by atoms with Crippen molar-refractivity contribution in [2.45, 2.75) is 51.6 Å². The summed E-state index contributed by atoms with van der Waals surface area (Å²) in [5, 5.41) is 2.74. The van der Waals surface area contributed by atoms with E-state index in [1.165, 1.54) is 25.7 Å². The zero-order valence-electron chi connectivity index (χ0n) is 14.6. The predicted molar refractivity (Wildman–Crippen MR) is 92.8 cm³/mol. The van der Waals surface area contributed by atoms with Gasteiger partial charge < -0.3 is 19.5 Å². The minimum absolute atomic E-state index is 0.309. The molecule has 1 heterocycles. The Morgan fingerprint density at radius 3 is 2.68 bits per heavy atom. The van der Waals surface area contributed by atoms with E-state index in [-0.39, 0.29) is 11.9 Å². The van der Waals surface area contributed by atoms with Gasteiger partial charge in [0.1, 0.15) is 13.2 Å². The van der Waals surface area contributed by atoms with E-state index in [9.17, 15) is 9.59 Å². The molecule has 1 atom stereocenters. The van der Waals surface area contributed by atoms with Crippen LogP contribution in [-0.2, 0) is 14.3 Å². The molecule has 0 aromatic heterocycles. The van der Waals surface area contributed by atoms with Crippen LogP contribution >= 0.6 is 0 Å². The van der Waals surface area contributed by atoms with E-state index in [1.54, 1.807) is 25.1 Å². The van der Waals surface area contributed by atoms with Gasteiger partial charge in [-0.3, -0.25) is 9.59 Å². The highest BCUT2D eigenvalue weighted by atomic mass is 16.6. The molecule has 6 heteroatoms. The van der Waals surface area contributed by atoms with E-state index in [4.69, 9.17) is 14.2 Å². The highest BCUT2D eigenvalue weighted by Crippen LogP contribution is 2.32. The Labute approximate surface area is 147 Å². The van der Waals surface area contributed by atoms with Crippen LogP contribution in [-0.4, -0.2) is 31.2 Å². The molecule has 1 amide bonds. The number of anilines is 1. The average molecular weight is 347 g/mol. The molecule has 1 aliphatic carbocycles. The molecule has 1 saturated carbocycles. The van der Waals surface area contributed by atoms with E-state index < -0.39 is 6.10 Å². The Hall–Kier alpha value is -2.24. The number of hydrogen-bond acceptors (Lipinski definition) is 5. The second-order valence-electron chi connectivity index (χ2n) is 6.67. The third-order valence-electron chi connectivity index (χ3n) is 4.72. The molecule has 1 aromatic rings. The van der Waals surface area contributed by atoms with Crippen molar-refractivity contribution in [2.75, 3.05) is 18.5 Å². The molecule has 2 aliphatic rings. The number of nitrogens with one attached hydrogen (secondary N) is 1. The van der Waals surface area contributed by atoms with Crippen LogP contribution < -0.4 is 14.8 Å². The highest BCUT2D eigenvalue weighted by molar-refractivity contribution is 5.95. The number of amides is 1. The number of fused-ring (bicyclic) bond motifs is 1. The zero-order chi connectivity index (χ0) is 17.6. The maximum absolute atomic E-state index is 12.2. The molecule has 1 aromatic carbocycles. The van der Waals surface area contributed by atoms with Gasteiger partial charge in [-0.2, -0.15) is 0 Å². The van der Waals surface area contributed by atoms with Gasteiger partial charge in [-0.25, -0.2) is 0 Å². The van der Waals surface area contributed by atoms with E-state index in [2.05, 4.69) is 5.32 Å². The van der Waals surface area contributed by atoms with E-state index in [1.807, 2.05) is 0 Å². The number of benzene rings is 1. The maximum Gasteiger partial charge on any atom is 0.306 e. The molecule has 1 N–H and O–H groups in total. The molecular formula is C19H25NO5. The first-order chi connectivity index (χ1) is 12.1. The summed E-state index contributed by atoms with van der Waals surface area (Å²) in [4.78, 5) is 24.1. The molecule has 0 radical (unpaired) electrons. The van der Waals surface area contributed by atoms with Gasteiger partial charge in [-0.15, -0.1) is 0 Å². The summed E-state index contributed by atoms with van der Waals surface area (Å²) in [5.41, 5.74) is 0.586. The van der Waals surface area contributed by atoms with Crippen LogP contribution in [0.4, 0.5) is 5.69 Å². The third-order valence-corrected chi connectivity index (χ3v) is 4.72. The van der Waals surface area contributed by atoms with Crippen LogP contribution in [0.5, 0.6) is 11.5 Å². The summed E-state index contributed by atoms with van der Waals surface area (Å²) < 4.78 is 16.2. The first-order valence-electron chi connectivity index (χ1n) is 9.02. The molecule has 25 heavy (non-hydrogen) atoms. The van der Waals surface area contributed by atoms with E-state index >= 15 is 0 Å². The normalized spacial score (nSPS) is 17.8. The van der Waals surface area contributed by atoms with Gasteiger partial charge in [0, 0.05) is 18.2 Å². The van der Waals surface area contributed by atoms with Crippen molar-refractivity contribution in [3.8, 4) is 11.5 Å². The minimum atomic E-state index is -0.829. The van der Waals surface area contributed by atoms with Crippen molar-refractivity contribution in [3.63, 3.8) is 0 Å². The van der Waals surface area contributed by atoms with Gasteiger partial charge in [0.25, 0.3) is 5.91 Å². The standard InChI is InChI=1S/C19H25NO5/c1-13(25-18(21)9-6-14-4-2-3-5-14)19(22)20-15-7-8-16-17(12-15)24-11-10-23-16/h7-8,12-14H,2-6,9-11H2,1H3,(H,20,22)/t13-/m0/s1. The largest absolute Gasteiger partial charge is 0.486 e. The lowest BCUT2D eigenvalue weighted by Gasteiger charge is -2.19. The molecule has 1 fully saturated rings. The van der Waals surface area contributed by atoms with Gasteiger partial charge in [-0.05, 0) is 31.4 Å². The van der Waals surface area contributed by atoms with Crippen molar-refractivity contribution in [3.05, 3.63) is 18.2 Å². The summed E-state index contributed by atoms with van der Waals surface area (Å²) in [5.74, 6) is 1.23. The maximum atomic E-state index is 12.2. The van der Waals surface area contributed by atoms with Gasteiger partial charge in [0.2, 0.25) is 0 Å². The third kappa shape index (κ3) is 4.87. The Balaban J connectivity index is 1.46. The van der Waals surface area contributed by atoms with Gasteiger partial charge >= 0.3 is 5.97 Å². The lowest BCUT2D eigenvalue weighted by Crippen LogP contribution is -2.30. The fourth-order valence-corrected chi connectivity index (χ4v) is 3.30. The number of carbonyl (C=O) groups is 2. The lowest BCUT2D eigenvalue weighted by molar-refractivity contribution is -0.153. The van der Waals surface area contributed by atoms with Crippen LogP contribution in [0, 0.1) is 5.92 Å². The summed E-state index contributed by atoms with van der Waals surface area (Å²) >= 11 is 0. The first kappa shape index (κ1) is 17.6. The molecule has 0 spiro atoms. The number of hydrogen-bond donors (Lipinski definition) is 1. The number of ether oxygens (including phenoxy) is 3. The number of esters is 1. The second kappa shape index (κ2) is 8.23. The van der Waals surface area contributed by atoms with Crippen LogP contribution in [0.2, 0.25) is 0 Å². The van der Waals surface area contributed by atoms with Crippen molar-refractivity contribution in [1.82, 2.24) is 0 Å². The summed E-state index contributed by atoms with van der Waals surface area (Å²) in [6.07, 6.45) is 5.33. The van der Waals surface area contributed by atoms with E-state index in [0.29, 0.717) is 42.7 Å². The molecule has 6 nitrogen and oxygen atoms in total. The number of carbonyl (C=O) groups excluding carboxylic acids is 2. The molecule has 136 valence electrons. The summed E-state index contributed by atoms with van der Waals surface area (Å²) in [7, 11) is 0. The quantitative estimate of drug-likeness (QED) is 0.799. The predicted octanol–water partition coefficient (Wildman–Crippen LogP) is 3.30. The number of rotatable bonds is 6. The minimum Gasteiger partial charge on any atom is -0.486 e. The Morgan fingerprint density at radius 2 is 1.92 bits per heavy atom. The molecule has 0 bridgehead atoms. The molecule has 0 unspecified atom stereocenters. The first-order valence-corrected chi connectivity index (χ1v) is 9.02. The van der Waals surface area contributed by atoms with Crippen molar-refractivity contribution in [2.24, 2.45) is 5.92 Å². The van der Waals surface area contributed by atoms with E-state index in [0.717, 1.165) is 6.42 Å². The Kier molecular flexibility index (Phi) is 5.79. The zero-order valence-corrected chi connectivity index (χ0v) is 14.6. The molecule has 1 aliphatic heterocycles. The summed E-state index contributed by atoms with van der Waals surface area (Å²) in [6, 6.07) is 5.20. The van der Waals surface area contributed by atoms with Gasteiger partial charge in [-0.1, -0.05) is 25.7 Å². The van der Waals surface area contributed by atoms with Crippen LogP contribution in [0.3, 0.4) is 0 Å². The smallest absolute Gasteiger partial charge is 0.306 e. The molecule has 3 rings (SSSR count). The topological polar surface area (TPSA) is 73.9 Å². The van der Waals surface area contributed by atoms with Crippen LogP contribution in [0.15, 0.2) is 18.2 Å².